The zero-order valence-corrected chi connectivity index (χ0v) is 11.4. The Balaban J connectivity index is 1.67. The highest BCUT2D eigenvalue weighted by atomic mass is 35.5. The SMILES string of the molecule is Clc1ccc(NCc2ncc(-c3ccncc3)[nH]2)cc1. The lowest BCUT2D eigenvalue weighted by molar-refractivity contribution is 1.00. The lowest BCUT2D eigenvalue weighted by Gasteiger charge is -2.04. The van der Waals surface area contributed by atoms with Gasteiger partial charge in [0.2, 0.25) is 0 Å². The van der Waals surface area contributed by atoms with Crippen molar-refractivity contribution in [2.45, 2.75) is 6.54 Å². The van der Waals surface area contributed by atoms with E-state index in [2.05, 4.69) is 20.3 Å². The van der Waals surface area contributed by atoms with Crippen LogP contribution in [0, 0.1) is 0 Å². The smallest absolute Gasteiger partial charge is 0.125 e. The quantitative estimate of drug-likeness (QED) is 0.767. The molecule has 100 valence electrons. The molecule has 5 heteroatoms. The topological polar surface area (TPSA) is 53.6 Å². The van der Waals surface area contributed by atoms with E-state index >= 15 is 0 Å². The summed E-state index contributed by atoms with van der Waals surface area (Å²) in [7, 11) is 0. The Morgan fingerprint density at radius 1 is 1.05 bits per heavy atom. The molecule has 0 spiro atoms. The predicted octanol–water partition coefficient (Wildman–Crippen LogP) is 3.74. The molecule has 4 nitrogen and oxygen atoms in total. The number of halogens is 1. The van der Waals surface area contributed by atoms with Crippen molar-refractivity contribution in [3.63, 3.8) is 0 Å². The van der Waals surface area contributed by atoms with Crippen LogP contribution >= 0.6 is 11.6 Å². The molecule has 20 heavy (non-hydrogen) atoms. The molecule has 3 rings (SSSR count). The Morgan fingerprint density at radius 2 is 1.80 bits per heavy atom. The number of pyridine rings is 1. The zero-order chi connectivity index (χ0) is 13.8. The monoisotopic (exact) mass is 284 g/mol. The Morgan fingerprint density at radius 3 is 2.55 bits per heavy atom. The number of anilines is 1. The zero-order valence-electron chi connectivity index (χ0n) is 10.7. The van der Waals surface area contributed by atoms with Crippen LogP contribution in [0.3, 0.4) is 0 Å². The van der Waals surface area contributed by atoms with Crippen molar-refractivity contribution >= 4 is 17.3 Å². The molecule has 0 saturated heterocycles. The molecule has 2 N–H and O–H groups in total. The van der Waals surface area contributed by atoms with Gasteiger partial charge in [0.1, 0.15) is 5.82 Å². The fourth-order valence-electron chi connectivity index (χ4n) is 1.88. The lowest BCUT2D eigenvalue weighted by Crippen LogP contribution is -2.00. The summed E-state index contributed by atoms with van der Waals surface area (Å²) in [6.07, 6.45) is 5.36. The van der Waals surface area contributed by atoms with Gasteiger partial charge < -0.3 is 10.3 Å². The molecule has 0 aliphatic heterocycles. The van der Waals surface area contributed by atoms with Crippen LogP contribution in [0.15, 0.2) is 55.0 Å². The van der Waals surface area contributed by atoms with Crippen LogP contribution in [0.5, 0.6) is 0 Å². The Kier molecular flexibility index (Phi) is 3.65. The van der Waals surface area contributed by atoms with Crippen molar-refractivity contribution in [3.8, 4) is 11.3 Å². The van der Waals surface area contributed by atoms with Crippen LogP contribution in [0.2, 0.25) is 5.02 Å². The Hall–Kier alpha value is -2.33. The number of imidazole rings is 1. The molecule has 0 unspecified atom stereocenters. The molecule has 0 aliphatic rings. The van der Waals surface area contributed by atoms with Crippen molar-refractivity contribution < 1.29 is 0 Å². The summed E-state index contributed by atoms with van der Waals surface area (Å²) in [5.41, 5.74) is 3.07. The molecular formula is C15H13ClN4. The Bertz CT molecular complexity index is 677. The molecule has 0 radical (unpaired) electrons. The molecular weight excluding hydrogens is 272 g/mol. The molecule has 0 saturated carbocycles. The highest BCUT2D eigenvalue weighted by molar-refractivity contribution is 6.30. The molecule has 0 aliphatic carbocycles. The van der Waals surface area contributed by atoms with Gasteiger partial charge in [-0.1, -0.05) is 11.6 Å². The van der Waals surface area contributed by atoms with Crippen molar-refractivity contribution in [3.05, 3.63) is 65.8 Å². The maximum atomic E-state index is 5.85. The normalized spacial score (nSPS) is 10.4. The highest BCUT2D eigenvalue weighted by Gasteiger charge is 2.02. The first-order chi connectivity index (χ1) is 9.81. The van der Waals surface area contributed by atoms with Crippen LogP contribution in [0.25, 0.3) is 11.3 Å². The van der Waals surface area contributed by atoms with Crippen LogP contribution in [-0.2, 0) is 6.54 Å². The van der Waals surface area contributed by atoms with Gasteiger partial charge in [-0.15, -0.1) is 0 Å². The summed E-state index contributed by atoms with van der Waals surface area (Å²) >= 11 is 5.85. The second-order valence-corrected chi connectivity index (χ2v) is 4.78. The van der Waals surface area contributed by atoms with Crippen LogP contribution < -0.4 is 5.32 Å². The summed E-state index contributed by atoms with van der Waals surface area (Å²) in [5.74, 6) is 0.881. The third kappa shape index (κ3) is 2.97. The lowest BCUT2D eigenvalue weighted by atomic mass is 10.2. The van der Waals surface area contributed by atoms with Gasteiger partial charge in [-0.2, -0.15) is 0 Å². The van der Waals surface area contributed by atoms with E-state index in [1.165, 1.54) is 0 Å². The molecule has 0 bridgehead atoms. The van der Waals surface area contributed by atoms with Gasteiger partial charge in [-0.05, 0) is 36.4 Å². The van der Waals surface area contributed by atoms with Gasteiger partial charge >= 0.3 is 0 Å². The number of hydrogen-bond donors (Lipinski definition) is 2. The van der Waals surface area contributed by atoms with Crippen molar-refractivity contribution in [2.24, 2.45) is 0 Å². The minimum absolute atomic E-state index is 0.632. The number of nitrogens with one attached hydrogen (secondary N) is 2. The van der Waals surface area contributed by atoms with E-state index in [0.717, 1.165) is 27.8 Å². The molecule has 3 aromatic rings. The number of aromatic amines is 1. The van der Waals surface area contributed by atoms with E-state index < -0.39 is 0 Å². The molecule has 0 atom stereocenters. The summed E-state index contributed by atoms with van der Waals surface area (Å²) < 4.78 is 0. The molecule has 0 amide bonds. The Labute approximate surface area is 121 Å². The van der Waals surface area contributed by atoms with Gasteiger partial charge in [-0.3, -0.25) is 4.98 Å². The van der Waals surface area contributed by atoms with Gasteiger partial charge in [0.25, 0.3) is 0 Å². The maximum Gasteiger partial charge on any atom is 0.125 e. The number of benzene rings is 1. The fraction of sp³-hybridized carbons (Fsp3) is 0.0667. The van der Waals surface area contributed by atoms with E-state index in [-0.39, 0.29) is 0 Å². The average Bonchev–Trinajstić information content (AvgIpc) is 2.97. The van der Waals surface area contributed by atoms with Crippen molar-refractivity contribution in [1.82, 2.24) is 15.0 Å². The molecule has 0 fully saturated rings. The minimum Gasteiger partial charge on any atom is -0.378 e. The first-order valence-electron chi connectivity index (χ1n) is 6.25. The van der Waals surface area contributed by atoms with Crippen LogP contribution in [-0.4, -0.2) is 15.0 Å². The second kappa shape index (κ2) is 5.75. The fourth-order valence-corrected chi connectivity index (χ4v) is 2.01. The summed E-state index contributed by atoms with van der Waals surface area (Å²) in [6.45, 7) is 0.632. The van der Waals surface area contributed by atoms with Crippen molar-refractivity contribution in [2.75, 3.05) is 5.32 Å². The third-order valence-electron chi connectivity index (χ3n) is 2.92. The first-order valence-corrected chi connectivity index (χ1v) is 6.63. The number of hydrogen-bond acceptors (Lipinski definition) is 3. The van der Waals surface area contributed by atoms with Gasteiger partial charge in [0, 0.05) is 28.7 Å². The van der Waals surface area contributed by atoms with E-state index in [1.807, 2.05) is 42.6 Å². The number of rotatable bonds is 4. The predicted molar refractivity (Wildman–Crippen MR) is 80.6 cm³/mol. The van der Waals surface area contributed by atoms with Crippen LogP contribution in [0.4, 0.5) is 5.69 Å². The van der Waals surface area contributed by atoms with Gasteiger partial charge in [0.05, 0.1) is 18.4 Å². The van der Waals surface area contributed by atoms with Crippen molar-refractivity contribution in [1.29, 1.82) is 0 Å². The highest BCUT2D eigenvalue weighted by Crippen LogP contribution is 2.17. The maximum absolute atomic E-state index is 5.85. The minimum atomic E-state index is 0.632. The average molecular weight is 285 g/mol. The summed E-state index contributed by atoms with van der Waals surface area (Å²) in [6, 6.07) is 11.5. The standard InChI is InChI=1S/C15H13ClN4/c16-12-1-3-13(4-2-12)18-10-15-19-9-14(20-15)11-5-7-17-8-6-11/h1-9,18H,10H2,(H,19,20). The number of aromatic nitrogens is 3. The van der Waals surface area contributed by atoms with Gasteiger partial charge in [0.15, 0.2) is 0 Å². The number of H-pyrrole nitrogens is 1. The largest absolute Gasteiger partial charge is 0.378 e. The summed E-state index contributed by atoms with van der Waals surface area (Å²) in [5, 5.41) is 4.02. The molecule has 2 aromatic heterocycles. The third-order valence-corrected chi connectivity index (χ3v) is 3.18. The summed E-state index contributed by atoms with van der Waals surface area (Å²) in [4.78, 5) is 11.6. The van der Waals surface area contributed by atoms with E-state index in [0.29, 0.717) is 6.54 Å². The molecule has 2 heterocycles. The van der Waals surface area contributed by atoms with E-state index in [9.17, 15) is 0 Å². The van der Waals surface area contributed by atoms with E-state index in [1.54, 1.807) is 12.4 Å². The second-order valence-electron chi connectivity index (χ2n) is 4.34. The van der Waals surface area contributed by atoms with Gasteiger partial charge in [-0.25, -0.2) is 4.98 Å². The van der Waals surface area contributed by atoms with E-state index in [4.69, 9.17) is 11.6 Å². The number of nitrogens with zero attached hydrogens (tertiary/aromatic N) is 2. The van der Waals surface area contributed by atoms with Crippen LogP contribution in [0.1, 0.15) is 5.82 Å². The molecule has 1 aromatic carbocycles. The first kappa shape index (κ1) is 12.7.